The molecule has 1 aromatic carbocycles. The van der Waals surface area contributed by atoms with E-state index in [4.69, 9.17) is 5.73 Å². The van der Waals surface area contributed by atoms with Crippen molar-refractivity contribution in [2.24, 2.45) is 5.73 Å². The molecule has 7 nitrogen and oxygen atoms in total. The van der Waals surface area contributed by atoms with Gasteiger partial charge in [-0.2, -0.15) is 0 Å². The van der Waals surface area contributed by atoms with E-state index in [9.17, 15) is 19.5 Å². The molecule has 0 saturated heterocycles. The molecule has 100 valence electrons. The summed E-state index contributed by atoms with van der Waals surface area (Å²) < 4.78 is 1.08. The summed E-state index contributed by atoms with van der Waals surface area (Å²) >= 11 is 0. The molecule has 1 heterocycles. The molecule has 0 radical (unpaired) electrons. The van der Waals surface area contributed by atoms with Gasteiger partial charge in [0.2, 0.25) is 5.91 Å². The number of benzene rings is 1. The smallest absolute Gasteiger partial charge is 0.337 e. The number of hydrogen-bond acceptors (Lipinski definition) is 3. The van der Waals surface area contributed by atoms with Crippen LogP contribution in [0.1, 0.15) is 24.2 Å². The number of aromatic carboxylic acids is 1. The topological polar surface area (TPSA) is 118 Å². The minimum Gasteiger partial charge on any atom is -0.478 e. The van der Waals surface area contributed by atoms with Crippen LogP contribution in [0, 0.1) is 0 Å². The lowest BCUT2D eigenvalue weighted by Crippen LogP contribution is -2.45. The van der Waals surface area contributed by atoms with Gasteiger partial charge in [0.05, 0.1) is 16.6 Å². The second-order valence-electron chi connectivity index (χ2n) is 4.70. The lowest BCUT2D eigenvalue weighted by atomic mass is 10.0. The Morgan fingerprint density at radius 3 is 2.53 bits per heavy atom. The molecule has 1 amide bonds. The number of nitrogens with one attached hydrogen (secondary N) is 1. The molecule has 2 rings (SSSR count). The van der Waals surface area contributed by atoms with Gasteiger partial charge in [-0.25, -0.2) is 9.59 Å². The summed E-state index contributed by atoms with van der Waals surface area (Å²) in [5, 5.41) is 9.18. The maximum atomic E-state index is 12.0. The van der Waals surface area contributed by atoms with Gasteiger partial charge in [0.25, 0.3) is 0 Å². The number of nitrogens with zero attached hydrogens (tertiary/aromatic N) is 1. The molecule has 2 aromatic rings. The highest BCUT2D eigenvalue weighted by Crippen LogP contribution is 2.22. The maximum absolute atomic E-state index is 12.0. The number of rotatable bonds is 3. The zero-order chi connectivity index (χ0) is 14.4. The van der Waals surface area contributed by atoms with E-state index < -0.39 is 23.1 Å². The zero-order valence-corrected chi connectivity index (χ0v) is 10.4. The molecular weight excluding hydrogens is 250 g/mol. The predicted molar refractivity (Wildman–Crippen MR) is 68.0 cm³/mol. The number of carbonyl (C=O) groups excluding carboxylic acids is 1. The highest BCUT2D eigenvalue weighted by Gasteiger charge is 2.32. The van der Waals surface area contributed by atoms with Crippen LogP contribution >= 0.6 is 0 Å². The molecule has 0 atom stereocenters. The highest BCUT2D eigenvalue weighted by atomic mass is 16.4. The van der Waals surface area contributed by atoms with Gasteiger partial charge in [-0.15, -0.1) is 0 Å². The summed E-state index contributed by atoms with van der Waals surface area (Å²) in [6.07, 6.45) is 0. The second-order valence-corrected chi connectivity index (χ2v) is 4.70. The van der Waals surface area contributed by atoms with Crippen LogP contribution < -0.4 is 11.4 Å². The Morgan fingerprint density at radius 1 is 1.37 bits per heavy atom. The van der Waals surface area contributed by atoms with E-state index >= 15 is 0 Å². The third-order valence-corrected chi connectivity index (χ3v) is 3.10. The van der Waals surface area contributed by atoms with E-state index in [1.165, 1.54) is 26.0 Å². The summed E-state index contributed by atoms with van der Waals surface area (Å²) in [6.45, 7) is 2.92. The number of fused-ring (bicyclic) bond motifs is 1. The maximum Gasteiger partial charge on any atom is 0.337 e. The van der Waals surface area contributed by atoms with Crippen molar-refractivity contribution in [1.29, 1.82) is 0 Å². The molecule has 0 fully saturated rings. The number of imidazole rings is 1. The Morgan fingerprint density at radius 2 is 2.00 bits per heavy atom. The Labute approximate surface area is 107 Å². The third kappa shape index (κ3) is 1.79. The lowest BCUT2D eigenvalue weighted by molar-refractivity contribution is -0.125. The number of H-pyrrole nitrogens is 1. The molecule has 0 bridgehead atoms. The monoisotopic (exact) mass is 263 g/mol. The number of carboxylic acids is 1. The van der Waals surface area contributed by atoms with E-state index in [-0.39, 0.29) is 11.1 Å². The number of para-hydroxylation sites is 1. The van der Waals surface area contributed by atoms with E-state index in [0.717, 1.165) is 4.57 Å². The van der Waals surface area contributed by atoms with Crippen LogP contribution in [0.4, 0.5) is 0 Å². The number of aromatic amines is 1. The third-order valence-electron chi connectivity index (χ3n) is 3.10. The standard InChI is InChI=1S/C12H13N3O4/c1-12(2,10(13)18)15-8-6(9(16)17)4-3-5-7(8)14-11(15)19/h3-5H,1-2H3,(H2,13,18)(H,14,19)(H,16,17). The quantitative estimate of drug-likeness (QED) is 0.735. The van der Waals surface area contributed by atoms with Crippen molar-refractivity contribution in [3.8, 4) is 0 Å². The molecule has 0 aliphatic rings. The summed E-state index contributed by atoms with van der Waals surface area (Å²) in [5.41, 5.74) is 3.82. The zero-order valence-electron chi connectivity index (χ0n) is 10.4. The second kappa shape index (κ2) is 3.98. The van der Waals surface area contributed by atoms with Crippen LogP contribution in [0.25, 0.3) is 11.0 Å². The first-order valence-electron chi connectivity index (χ1n) is 5.54. The summed E-state index contributed by atoms with van der Waals surface area (Å²) in [5.74, 6) is -1.91. The highest BCUT2D eigenvalue weighted by molar-refractivity contribution is 6.01. The van der Waals surface area contributed by atoms with Gasteiger partial charge < -0.3 is 15.8 Å². The number of hydrogen-bond donors (Lipinski definition) is 3. The van der Waals surface area contributed by atoms with Gasteiger partial charge in [-0.3, -0.25) is 9.36 Å². The van der Waals surface area contributed by atoms with Gasteiger partial charge in [-0.05, 0) is 26.0 Å². The first-order chi connectivity index (χ1) is 8.76. The number of nitrogens with two attached hydrogens (primary N) is 1. The fraction of sp³-hybridized carbons (Fsp3) is 0.250. The van der Waals surface area contributed by atoms with Gasteiger partial charge in [0.1, 0.15) is 5.54 Å². The van der Waals surface area contributed by atoms with Crippen molar-refractivity contribution in [3.05, 3.63) is 34.2 Å². The molecule has 0 unspecified atom stereocenters. The van der Waals surface area contributed by atoms with Crippen molar-refractivity contribution in [1.82, 2.24) is 9.55 Å². The Balaban J connectivity index is 2.96. The minimum absolute atomic E-state index is 0.0647. The Bertz CT molecular complexity index is 739. The lowest BCUT2D eigenvalue weighted by Gasteiger charge is -2.22. The fourth-order valence-electron chi connectivity index (χ4n) is 1.97. The largest absolute Gasteiger partial charge is 0.478 e. The number of primary amides is 1. The van der Waals surface area contributed by atoms with E-state index in [1.54, 1.807) is 6.07 Å². The van der Waals surface area contributed by atoms with E-state index in [2.05, 4.69) is 4.98 Å². The van der Waals surface area contributed by atoms with Crippen molar-refractivity contribution in [2.45, 2.75) is 19.4 Å². The number of carboxylic acid groups (broad SMARTS) is 1. The van der Waals surface area contributed by atoms with E-state index in [0.29, 0.717) is 5.52 Å². The number of amides is 1. The van der Waals surface area contributed by atoms with Crippen molar-refractivity contribution < 1.29 is 14.7 Å². The van der Waals surface area contributed by atoms with Crippen LogP contribution in [-0.2, 0) is 10.3 Å². The molecule has 7 heteroatoms. The molecule has 0 spiro atoms. The van der Waals surface area contributed by atoms with Crippen molar-refractivity contribution >= 4 is 22.9 Å². The Hall–Kier alpha value is -2.57. The SMILES string of the molecule is CC(C)(C(N)=O)n1c(=O)[nH]c2cccc(C(=O)O)c21. The van der Waals surface area contributed by atoms with Crippen LogP contribution in [-0.4, -0.2) is 26.5 Å². The first-order valence-corrected chi connectivity index (χ1v) is 5.54. The minimum atomic E-state index is -1.33. The van der Waals surface area contributed by atoms with Gasteiger partial charge in [0.15, 0.2) is 0 Å². The van der Waals surface area contributed by atoms with Gasteiger partial charge in [-0.1, -0.05) is 6.07 Å². The van der Waals surface area contributed by atoms with Gasteiger partial charge >= 0.3 is 11.7 Å². The fourth-order valence-corrected chi connectivity index (χ4v) is 1.97. The number of aromatic nitrogens is 2. The molecule has 1 aromatic heterocycles. The molecule has 0 saturated carbocycles. The molecule has 4 N–H and O–H groups in total. The van der Waals surface area contributed by atoms with Crippen molar-refractivity contribution in [2.75, 3.05) is 0 Å². The summed E-state index contributed by atoms with van der Waals surface area (Å²) in [4.78, 5) is 37.2. The summed E-state index contributed by atoms with van der Waals surface area (Å²) in [7, 11) is 0. The first kappa shape index (κ1) is 12.9. The van der Waals surface area contributed by atoms with E-state index in [1.807, 2.05) is 0 Å². The molecule has 0 aliphatic heterocycles. The predicted octanol–water partition coefficient (Wildman–Crippen LogP) is 0.248. The molecule has 0 aliphatic carbocycles. The molecular formula is C12H13N3O4. The average molecular weight is 263 g/mol. The van der Waals surface area contributed by atoms with Crippen molar-refractivity contribution in [3.63, 3.8) is 0 Å². The van der Waals surface area contributed by atoms with Gasteiger partial charge in [0, 0.05) is 0 Å². The Kier molecular flexibility index (Phi) is 2.69. The van der Waals surface area contributed by atoms with Crippen LogP contribution in [0.2, 0.25) is 0 Å². The normalized spacial score (nSPS) is 11.7. The van der Waals surface area contributed by atoms with Crippen LogP contribution in [0.5, 0.6) is 0 Å². The van der Waals surface area contributed by atoms with Crippen LogP contribution in [0.3, 0.4) is 0 Å². The average Bonchev–Trinajstić information content (AvgIpc) is 2.64. The van der Waals surface area contributed by atoms with Crippen LogP contribution in [0.15, 0.2) is 23.0 Å². The summed E-state index contributed by atoms with van der Waals surface area (Å²) in [6, 6.07) is 4.45. The number of carbonyl (C=O) groups is 2. The molecule has 19 heavy (non-hydrogen) atoms.